The molecule has 0 saturated heterocycles. The minimum absolute atomic E-state index is 0.0709. The van der Waals surface area contributed by atoms with Crippen LogP contribution in [0.3, 0.4) is 0 Å². The molecule has 0 atom stereocenters. The largest absolute Gasteiger partial charge is 0.355 e. The highest BCUT2D eigenvalue weighted by Crippen LogP contribution is 2.24. The molecule has 3 aromatic rings. The molecule has 0 aliphatic carbocycles. The van der Waals surface area contributed by atoms with Crippen LogP contribution in [0.1, 0.15) is 42.5 Å². The highest BCUT2D eigenvalue weighted by atomic mass is 16.2. The van der Waals surface area contributed by atoms with Gasteiger partial charge in [0, 0.05) is 29.8 Å². The van der Waals surface area contributed by atoms with Crippen LogP contribution in [-0.4, -0.2) is 28.8 Å². The normalized spacial score (nSPS) is 11.7. The summed E-state index contributed by atoms with van der Waals surface area (Å²) < 4.78 is 0. The maximum Gasteiger partial charge on any atom is 0.251 e. The number of nitrogens with zero attached hydrogens (tertiary/aromatic N) is 1. The van der Waals surface area contributed by atoms with Crippen molar-refractivity contribution in [2.75, 3.05) is 12.4 Å². The topological polar surface area (TPSA) is 86.9 Å². The van der Waals surface area contributed by atoms with Gasteiger partial charge in [0.05, 0.1) is 11.0 Å². The van der Waals surface area contributed by atoms with Crippen molar-refractivity contribution in [3.8, 4) is 0 Å². The molecule has 144 valence electrons. The first kappa shape index (κ1) is 19.4. The molecule has 0 radical (unpaired) electrons. The number of aromatic nitrogens is 2. The van der Waals surface area contributed by atoms with Gasteiger partial charge < -0.3 is 15.6 Å². The molecule has 2 amide bonds. The van der Waals surface area contributed by atoms with Crippen molar-refractivity contribution in [2.45, 2.75) is 26.2 Å². The molecular formula is C22H24N4O2. The number of imidazole rings is 1. The number of fused-ring (bicyclic) bond motifs is 1. The van der Waals surface area contributed by atoms with Gasteiger partial charge in [-0.2, -0.15) is 0 Å². The molecule has 0 bridgehead atoms. The number of H-pyrrole nitrogens is 1. The van der Waals surface area contributed by atoms with Gasteiger partial charge >= 0.3 is 0 Å². The number of benzene rings is 2. The lowest BCUT2D eigenvalue weighted by Gasteiger charge is -2.13. The monoisotopic (exact) mass is 376 g/mol. The molecule has 6 nitrogen and oxygen atoms in total. The first-order valence-corrected chi connectivity index (χ1v) is 9.08. The summed E-state index contributed by atoms with van der Waals surface area (Å²) in [6.45, 7) is 6.29. The van der Waals surface area contributed by atoms with Gasteiger partial charge in [-0.3, -0.25) is 9.59 Å². The maximum atomic E-state index is 12.2. The molecule has 0 saturated carbocycles. The average Bonchev–Trinajstić information content (AvgIpc) is 3.10. The van der Waals surface area contributed by atoms with E-state index in [1.54, 1.807) is 37.4 Å². The van der Waals surface area contributed by atoms with Gasteiger partial charge in [-0.05, 0) is 42.0 Å². The quantitative estimate of drug-likeness (QED) is 0.604. The summed E-state index contributed by atoms with van der Waals surface area (Å²) in [6, 6.07) is 12.6. The number of aromatic amines is 1. The lowest BCUT2D eigenvalue weighted by Crippen LogP contribution is -2.17. The van der Waals surface area contributed by atoms with E-state index in [-0.39, 0.29) is 17.2 Å². The molecule has 1 aromatic heterocycles. The highest BCUT2D eigenvalue weighted by Gasteiger charge is 2.18. The van der Waals surface area contributed by atoms with Gasteiger partial charge in [0.15, 0.2) is 0 Å². The molecule has 0 fully saturated rings. The van der Waals surface area contributed by atoms with Crippen LogP contribution in [0.25, 0.3) is 17.1 Å². The van der Waals surface area contributed by atoms with Crippen molar-refractivity contribution >= 4 is 34.6 Å². The molecule has 2 aromatic carbocycles. The van der Waals surface area contributed by atoms with Crippen molar-refractivity contribution in [1.82, 2.24) is 15.3 Å². The van der Waals surface area contributed by atoms with Crippen molar-refractivity contribution < 1.29 is 9.59 Å². The molecule has 28 heavy (non-hydrogen) atoms. The van der Waals surface area contributed by atoms with Crippen LogP contribution in [0.5, 0.6) is 0 Å². The molecule has 0 unspecified atom stereocenters. The highest BCUT2D eigenvalue weighted by molar-refractivity contribution is 6.02. The number of anilines is 1. The summed E-state index contributed by atoms with van der Waals surface area (Å²) in [5.41, 5.74) is 3.79. The van der Waals surface area contributed by atoms with Crippen LogP contribution in [0.4, 0.5) is 5.69 Å². The van der Waals surface area contributed by atoms with E-state index in [1.807, 2.05) is 18.2 Å². The summed E-state index contributed by atoms with van der Waals surface area (Å²) in [6.07, 6.45) is 3.17. The zero-order valence-corrected chi connectivity index (χ0v) is 16.5. The second-order valence-corrected chi connectivity index (χ2v) is 7.59. The van der Waals surface area contributed by atoms with Crippen molar-refractivity contribution in [3.05, 3.63) is 65.5 Å². The Kier molecular flexibility index (Phi) is 5.31. The van der Waals surface area contributed by atoms with Gasteiger partial charge in [-0.25, -0.2) is 4.98 Å². The number of rotatable bonds is 4. The molecule has 3 N–H and O–H groups in total. The van der Waals surface area contributed by atoms with Crippen LogP contribution < -0.4 is 10.6 Å². The number of nitrogens with one attached hydrogen (secondary N) is 3. The van der Waals surface area contributed by atoms with E-state index < -0.39 is 0 Å². The minimum Gasteiger partial charge on any atom is -0.355 e. The van der Waals surface area contributed by atoms with Gasteiger partial charge in [0.1, 0.15) is 5.82 Å². The summed E-state index contributed by atoms with van der Waals surface area (Å²) in [5, 5.41) is 5.43. The van der Waals surface area contributed by atoms with E-state index in [2.05, 4.69) is 41.4 Å². The van der Waals surface area contributed by atoms with E-state index in [4.69, 9.17) is 0 Å². The fraction of sp³-hybridized carbons (Fsp3) is 0.227. The summed E-state index contributed by atoms with van der Waals surface area (Å²) >= 11 is 0. The maximum absolute atomic E-state index is 12.2. The minimum atomic E-state index is -0.231. The number of amides is 2. The third-order valence-electron chi connectivity index (χ3n) is 4.29. The third kappa shape index (κ3) is 4.46. The van der Waals surface area contributed by atoms with E-state index >= 15 is 0 Å². The van der Waals surface area contributed by atoms with Crippen molar-refractivity contribution in [3.63, 3.8) is 0 Å². The van der Waals surface area contributed by atoms with E-state index in [0.29, 0.717) is 11.3 Å². The second kappa shape index (κ2) is 7.68. The van der Waals surface area contributed by atoms with Crippen LogP contribution in [0, 0.1) is 0 Å². The zero-order valence-electron chi connectivity index (χ0n) is 16.5. The van der Waals surface area contributed by atoms with Gasteiger partial charge in [-0.15, -0.1) is 0 Å². The molecule has 0 spiro atoms. The van der Waals surface area contributed by atoms with E-state index in [1.165, 1.54) is 6.08 Å². The van der Waals surface area contributed by atoms with E-state index in [9.17, 15) is 9.59 Å². The number of carbonyl (C=O) groups excluding carboxylic acids is 2. The van der Waals surface area contributed by atoms with E-state index in [0.717, 1.165) is 22.4 Å². The lowest BCUT2D eigenvalue weighted by molar-refractivity contribution is -0.111. The Morgan fingerprint density at radius 2 is 1.79 bits per heavy atom. The Labute approximate surface area is 164 Å². The number of carbonyl (C=O) groups is 2. The zero-order chi connectivity index (χ0) is 20.3. The van der Waals surface area contributed by atoms with Gasteiger partial charge in [-0.1, -0.05) is 32.9 Å². The third-order valence-corrected chi connectivity index (χ3v) is 4.29. The van der Waals surface area contributed by atoms with Crippen LogP contribution in [-0.2, 0) is 10.2 Å². The molecule has 3 rings (SSSR count). The fourth-order valence-electron chi connectivity index (χ4n) is 2.69. The van der Waals surface area contributed by atoms with Crippen LogP contribution >= 0.6 is 0 Å². The van der Waals surface area contributed by atoms with Crippen molar-refractivity contribution in [2.24, 2.45) is 0 Å². The van der Waals surface area contributed by atoms with Gasteiger partial charge in [0.25, 0.3) is 5.91 Å². The predicted octanol–water partition coefficient (Wildman–Crippen LogP) is 3.87. The number of hydrogen-bond donors (Lipinski definition) is 3. The number of hydrogen-bond acceptors (Lipinski definition) is 3. The average molecular weight is 376 g/mol. The molecule has 1 heterocycles. The first-order valence-electron chi connectivity index (χ1n) is 9.08. The first-order chi connectivity index (χ1) is 13.3. The van der Waals surface area contributed by atoms with Crippen LogP contribution in [0.15, 0.2) is 48.5 Å². The fourth-order valence-corrected chi connectivity index (χ4v) is 2.69. The molecule has 6 heteroatoms. The summed E-state index contributed by atoms with van der Waals surface area (Å²) in [5.74, 6) is 0.536. The Bertz CT molecular complexity index is 1040. The Morgan fingerprint density at radius 1 is 1.07 bits per heavy atom. The predicted molar refractivity (Wildman–Crippen MR) is 112 cm³/mol. The molecule has 0 aliphatic heterocycles. The smallest absolute Gasteiger partial charge is 0.251 e. The Hall–Kier alpha value is -3.41. The standard InChI is InChI=1S/C22H24N4O2/c1-22(2,3)21-25-17-11-10-16(13-18(17)26-21)24-19(27)12-7-14-5-8-15(9-6-14)20(28)23-4/h5-13H,1-4H3,(H,23,28)(H,24,27)(H,25,26)/b12-7+. The van der Waals surface area contributed by atoms with Crippen molar-refractivity contribution in [1.29, 1.82) is 0 Å². The lowest BCUT2D eigenvalue weighted by atomic mass is 9.96. The Morgan fingerprint density at radius 3 is 2.43 bits per heavy atom. The SMILES string of the molecule is CNC(=O)c1ccc(/C=C/C(=O)Nc2ccc3nc(C(C)(C)C)[nH]c3c2)cc1. The second-order valence-electron chi connectivity index (χ2n) is 7.59. The summed E-state index contributed by atoms with van der Waals surface area (Å²) in [4.78, 5) is 31.7. The van der Waals surface area contributed by atoms with Crippen LogP contribution in [0.2, 0.25) is 0 Å². The van der Waals surface area contributed by atoms with Gasteiger partial charge in [0.2, 0.25) is 5.91 Å². The molecular weight excluding hydrogens is 352 g/mol. The Balaban J connectivity index is 1.68. The molecule has 0 aliphatic rings. The summed E-state index contributed by atoms with van der Waals surface area (Å²) in [7, 11) is 1.59.